The Morgan fingerprint density at radius 1 is 0.882 bits per heavy atom. The molecule has 0 aliphatic carbocycles. The van der Waals surface area contributed by atoms with E-state index in [0.29, 0.717) is 29.0 Å². The van der Waals surface area contributed by atoms with E-state index in [4.69, 9.17) is 26.4 Å². The summed E-state index contributed by atoms with van der Waals surface area (Å²) in [5, 5.41) is 0. The fourth-order valence-electron chi connectivity index (χ4n) is 3.38. The first-order valence-electron chi connectivity index (χ1n) is 10.9. The molecule has 0 saturated carbocycles. The molecule has 3 aromatic carbocycles. The number of thiocarbonyl (C=S) groups is 1. The topological polar surface area (TPSA) is 48.0 Å². The first-order valence-corrected chi connectivity index (χ1v) is 12.1. The second-order valence-corrected chi connectivity index (χ2v) is 9.23. The van der Waals surface area contributed by atoms with Crippen LogP contribution in [-0.2, 0) is 11.3 Å². The summed E-state index contributed by atoms with van der Waals surface area (Å²) >= 11 is 6.78. The second kappa shape index (κ2) is 11.7. The van der Waals surface area contributed by atoms with Gasteiger partial charge in [-0.05, 0) is 41.5 Å². The zero-order valence-electron chi connectivity index (χ0n) is 18.8. The summed E-state index contributed by atoms with van der Waals surface area (Å²) in [6, 6.07) is 25.1. The molecule has 3 aromatic rings. The van der Waals surface area contributed by atoms with Gasteiger partial charge in [0.15, 0.2) is 0 Å². The molecular formula is C27H25NO4S2. The Hall–Kier alpha value is -3.29. The lowest BCUT2D eigenvalue weighted by molar-refractivity contribution is -0.122. The molecule has 0 spiro atoms. The molecule has 0 atom stereocenters. The van der Waals surface area contributed by atoms with Crippen LogP contribution in [0.15, 0.2) is 83.8 Å². The van der Waals surface area contributed by atoms with Crippen molar-refractivity contribution in [2.45, 2.75) is 13.0 Å². The zero-order valence-corrected chi connectivity index (χ0v) is 20.4. The number of rotatable bonds is 10. The van der Waals surface area contributed by atoms with Crippen LogP contribution in [0.3, 0.4) is 0 Å². The van der Waals surface area contributed by atoms with Gasteiger partial charge in [0.2, 0.25) is 0 Å². The largest absolute Gasteiger partial charge is 0.497 e. The monoisotopic (exact) mass is 491 g/mol. The molecule has 0 radical (unpaired) electrons. The van der Waals surface area contributed by atoms with Crippen molar-refractivity contribution in [3.05, 3.63) is 94.9 Å². The molecule has 1 aliphatic heterocycles. The van der Waals surface area contributed by atoms with E-state index >= 15 is 0 Å². The Labute approximate surface area is 209 Å². The van der Waals surface area contributed by atoms with Crippen molar-refractivity contribution in [1.82, 2.24) is 4.90 Å². The fraction of sp³-hybridized carbons (Fsp3) is 0.185. The third kappa shape index (κ3) is 6.40. The van der Waals surface area contributed by atoms with E-state index in [1.54, 1.807) is 12.0 Å². The number of thioether (sulfide) groups is 1. The van der Waals surface area contributed by atoms with Gasteiger partial charge in [0.05, 0.1) is 31.8 Å². The standard InChI is InChI=1S/C27H25NO4S2/c1-30-22-11-6-13-24(18-22)32-15-7-14-31-23-12-5-10-21(16-23)17-25-26(29)28(27(33)34-25)19-20-8-3-2-4-9-20/h2-6,8-13,16-18H,7,14-15,19H2,1H3/b25-17+. The van der Waals surface area contributed by atoms with E-state index in [9.17, 15) is 4.79 Å². The number of carbonyl (C=O) groups excluding carboxylic acids is 1. The van der Waals surface area contributed by atoms with Crippen LogP contribution >= 0.6 is 24.0 Å². The first-order chi connectivity index (χ1) is 16.6. The van der Waals surface area contributed by atoms with Gasteiger partial charge < -0.3 is 14.2 Å². The van der Waals surface area contributed by atoms with E-state index < -0.39 is 0 Å². The molecule has 1 heterocycles. The van der Waals surface area contributed by atoms with Crippen LogP contribution in [0.5, 0.6) is 17.2 Å². The van der Waals surface area contributed by atoms with Crippen molar-refractivity contribution in [1.29, 1.82) is 0 Å². The van der Waals surface area contributed by atoms with Crippen LogP contribution in [-0.4, -0.2) is 35.5 Å². The van der Waals surface area contributed by atoms with E-state index in [2.05, 4.69) is 0 Å². The van der Waals surface area contributed by atoms with E-state index in [1.807, 2.05) is 84.9 Å². The Morgan fingerprint density at radius 3 is 2.29 bits per heavy atom. The molecule has 7 heteroatoms. The molecule has 4 rings (SSSR count). The van der Waals surface area contributed by atoms with Crippen molar-refractivity contribution in [2.24, 2.45) is 0 Å². The summed E-state index contributed by atoms with van der Waals surface area (Å²) in [7, 11) is 1.63. The number of hydrogen-bond acceptors (Lipinski definition) is 6. The van der Waals surface area contributed by atoms with E-state index in [1.165, 1.54) is 11.8 Å². The highest BCUT2D eigenvalue weighted by molar-refractivity contribution is 8.26. The van der Waals surface area contributed by atoms with E-state index in [0.717, 1.165) is 34.8 Å². The lowest BCUT2D eigenvalue weighted by atomic mass is 10.2. The zero-order chi connectivity index (χ0) is 23.8. The molecule has 0 unspecified atom stereocenters. The summed E-state index contributed by atoms with van der Waals surface area (Å²) in [6.07, 6.45) is 2.60. The molecular weight excluding hydrogens is 466 g/mol. The maximum atomic E-state index is 12.9. The van der Waals surface area contributed by atoms with Crippen LogP contribution in [0.2, 0.25) is 0 Å². The van der Waals surface area contributed by atoms with Gasteiger partial charge in [-0.25, -0.2) is 0 Å². The SMILES string of the molecule is COc1cccc(OCCCOc2cccc(/C=C3/SC(=S)N(Cc4ccccc4)C3=O)c2)c1. The van der Waals surface area contributed by atoms with Crippen molar-refractivity contribution < 1.29 is 19.0 Å². The van der Waals surface area contributed by atoms with Crippen LogP contribution < -0.4 is 14.2 Å². The Balaban J connectivity index is 1.29. The molecule has 5 nitrogen and oxygen atoms in total. The molecule has 1 amide bonds. The number of methoxy groups -OCH3 is 1. The lowest BCUT2D eigenvalue weighted by Crippen LogP contribution is -2.27. The maximum Gasteiger partial charge on any atom is 0.266 e. The third-order valence-corrected chi connectivity index (χ3v) is 6.46. The van der Waals surface area contributed by atoms with Gasteiger partial charge in [-0.15, -0.1) is 0 Å². The van der Waals surface area contributed by atoms with Crippen LogP contribution in [0.4, 0.5) is 0 Å². The minimum absolute atomic E-state index is 0.0696. The minimum Gasteiger partial charge on any atom is -0.497 e. The molecule has 0 aromatic heterocycles. The number of benzene rings is 3. The summed E-state index contributed by atoms with van der Waals surface area (Å²) in [5.74, 6) is 2.21. The Morgan fingerprint density at radius 2 is 1.56 bits per heavy atom. The minimum atomic E-state index is -0.0696. The van der Waals surface area contributed by atoms with Crippen molar-refractivity contribution in [3.63, 3.8) is 0 Å². The third-order valence-electron chi connectivity index (χ3n) is 5.08. The van der Waals surface area contributed by atoms with Gasteiger partial charge in [-0.2, -0.15) is 0 Å². The summed E-state index contributed by atoms with van der Waals surface area (Å²) < 4.78 is 17.4. The van der Waals surface area contributed by atoms with Gasteiger partial charge in [0.1, 0.15) is 21.6 Å². The number of ether oxygens (including phenoxy) is 3. The second-order valence-electron chi connectivity index (χ2n) is 7.56. The van der Waals surface area contributed by atoms with Crippen LogP contribution in [0, 0.1) is 0 Å². The Bertz CT molecular complexity index is 1180. The predicted octanol–water partition coefficient (Wildman–Crippen LogP) is 5.94. The normalized spacial score (nSPS) is 14.5. The quantitative estimate of drug-likeness (QED) is 0.199. The average molecular weight is 492 g/mol. The smallest absolute Gasteiger partial charge is 0.266 e. The number of amides is 1. The molecule has 1 saturated heterocycles. The average Bonchev–Trinajstić information content (AvgIpc) is 3.12. The fourth-order valence-corrected chi connectivity index (χ4v) is 4.63. The molecule has 1 aliphatic rings. The summed E-state index contributed by atoms with van der Waals surface area (Å²) in [5.41, 5.74) is 1.94. The molecule has 0 bridgehead atoms. The van der Waals surface area contributed by atoms with Crippen LogP contribution in [0.1, 0.15) is 17.5 Å². The molecule has 174 valence electrons. The highest BCUT2D eigenvalue weighted by Gasteiger charge is 2.31. The highest BCUT2D eigenvalue weighted by Crippen LogP contribution is 2.34. The maximum absolute atomic E-state index is 12.9. The number of nitrogens with zero attached hydrogens (tertiary/aromatic N) is 1. The van der Waals surface area contributed by atoms with Gasteiger partial charge in [-0.3, -0.25) is 9.69 Å². The lowest BCUT2D eigenvalue weighted by Gasteiger charge is -2.14. The molecule has 0 N–H and O–H groups in total. The van der Waals surface area contributed by atoms with Gasteiger partial charge in [-0.1, -0.05) is 72.5 Å². The number of carbonyl (C=O) groups is 1. The predicted molar refractivity (Wildman–Crippen MR) is 140 cm³/mol. The van der Waals surface area contributed by atoms with Crippen molar-refractivity contribution in [3.8, 4) is 17.2 Å². The summed E-state index contributed by atoms with van der Waals surface area (Å²) in [6.45, 7) is 1.53. The van der Waals surface area contributed by atoms with E-state index in [-0.39, 0.29) is 5.91 Å². The van der Waals surface area contributed by atoms with Gasteiger partial charge in [0.25, 0.3) is 5.91 Å². The Kier molecular flexibility index (Phi) is 8.22. The number of hydrogen-bond donors (Lipinski definition) is 0. The molecule has 1 fully saturated rings. The van der Waals surface area contributed by atoms with Gasteiger partial charge in [0, 0.05) is 12.5 Å². The highest BCUT2D eigenvalue weighted by atomic mass is 32.2. The molecule has 34 heavy (non-hydrogen) atoms. The first kappa shape index (κ1) is 23.9. The van der Waals surface area contributed by atoms with Crippen molar-refractivity contribution >= 4 is 40.3 Å². The van der Waals surface area contributed by atoms with Crippen LogP contribution in [0.25, 0.3) is 6.08 Å². The summed E-state index contributed by atoms with van der Waals surface area (Å²) in [4.78, 5) is 15.2. The van der Waals surface area contributed by atoms with Gasteiger partial charge >= 0.3 is 0 Å². The van der Waals surface area contributed by atoms with Crippen molar-refractivity contribution in [2.75, 3.05) is 20.3 Å².